The van der Waals surface area contributed by atoms with E-state index in [0.29, 0.717) is 41.8 Å². The second kappa shape index (κ2) is 7.93. The lowest BCUT2D eigenvalue weighted by Gasteiger charge is -2.61. The standard InChI is InChI=1S/C26H44O3/c1-5-6-7-8-16(2)18-9-10-19-17-13-22(27)21-14-23(28)24(29)15-26(21,4)20(17)11-12-25(18,19)3/h16-21,23-24,28-29H,5-15H2,1-4H3/t16-,17?,18-,19?,20?,21-,23+,24-,25-,26-/m1/s1. The molecule has 3 heteroatoms. The van der Waals surface area contributed by atoms with Crippen molar-refractivity contribution in [2.24, 2.45) is 46.3 Å². The van der Waals surface area contributed by atoms with Crippen LogP contribution >= 0.6 is 0 Å². The number of carbonyl (C=O) groups excluding carboxylic acids is 1. The summed E-state index contributed by atoms with van der Waals surface area (Å²) in [5.41, 5.74) is 0.272. The van der Waals surface area contributed by atoms with Crippen molar-refractivity contribution in [1.29, 1.82) is 0 Å². The molecule has 3 nitrogen and oxygen atoms in total. The van der Waals surface area contributed by atoms with E-state index in [1.165, 1.54) is 51.4 Å². The van der Waals surface area contributed by atoms with Crippen LogP contribution in [0.5, 0.6) is 0 Å². The highest BCUT2D eigenvalue weighted by molar-refractivity contribution is 5.83. The van der Waals surface area contributed by atoms with Gasteiger partial charge >= 0.3 is 0 Å². The molecule has 4 rings (SSSR count). The number of rotatable bonds is 5. The Hall–Kier alpha value is -0.410. The summed E-state index contributed by atoms with van der Waals surface area (Å²) in [5, 5.41) is 20.7. The zero-order chi connectivity index (χ0) is 21.0. The first-order chi connectivity index (χ1) is 13.7. The van der Waals surface area contributed by atoms with Crippen molar-refractivity contribution in [1.82, 2.24) is 0 Å². The van der Waals surface area contributed by atoms with Crippen LogP contribution in [0.4, 0.5) is 0 Å². The Morgan fingerprint density at radius 3 is 2.48 bits per heavy atom. The molecule has 0 aliphatic heterocycles. The molecule has 0 aromatic rings. The van der Waals surface area contributed by atoms with Crippen molar-refractivity contribution in [3.05, 3.63) is 0 Å². The van der Waals surface area contributed by atoms with E-state index in [1.54, 1.807) is 0 Å². The van der Waals surface area contributed by atoms with Crippen LogP contribution < -0.4 is 0 Å². The molecule has 29 heavy (non-hydrogen) atoms. The molecule has 0 heterocycles. The van der Waals surface area contributed by atoms with Gasteiger partial charge in [-0.2, -0.15) is 0 Å². The average molecular weight is 405 g/mol. The fourth-order valence-corrected chi connectivity index (χ4v) is 8.96. The summed E-state index contributed by atoms with van der Waals surface area (Å²) in [6, 6.07) is 0. The predicted molar refractivity (Wildman–Crippen MR) is 116 cm³/mol. The lowest BCUT2D eigenvalue weighted by atomic mass is 9.44. The van der Waals surface area contributed by atoms with Gasteiger partial charge in [0, 0.05) is 12.3 Å². The maximum absolute atomic E-state index is 13.2. The zero-order valence-corrected chi connectivity index (χ0v) is 19.2. The van der Waals surface area contributed by atoms with Crippen molar-refractivity contribution in [2.45, 2.75) is 111 Å². The number of unbranched alkanes of at least 4 members (excludes halogenated alkanes) is 2. The van der Waals surface area contributed by atoms with Crippen molar-refractivity contribution < 1.29 is 15.0 Å². The van der Waals surface area contributed by atoms with Gasteiger partial charge < -0.3 is 10.2 Å². The minimum absolute atomic E-state index is 0.0447. The molecule has 2 N–H and O–H groups in total. The Morgan fingerprint density at radius 1 is 1.03 bits per heavy atom. The van der Waals surface area contributed by atoms with Gasteiger partial charge in [0.15, 0.2) is 0 Å². The first-order valence-corrected chi connectivity index (χ1v) is 12.6. The molecule has 4 saturated carbocycles. The number of carbonyl (C=O) groups is 1. The molecule has 3 unspecified atom stereocenters. The van der Waals surface area contributed by atoms with E-state index in [4.69, 9.17) is 0 Å². The van der Waals surface area contributed by atoms with Crippen LogP contribution in [0.25, 0.3) is 0 Å². The summed E-state index contributed by atoms with van der Waals surface area (Å²) in [6.45, 7) is 9.60. The monoisotopic (exact) mass is 404 g/mol. The minimum Gasteiger partial charge on any atom is -0.390 e. The highest BCUT2D eigenvalue weighted by Crippen LogP contribution is 2.67. The van der Waals surface area contributed by atoms with Gasteiger partial charge in [0.1, 0.15) is 5.78 Å². The molecule has 0 radical (unpaired) electrons. The SMILES string of the molecule is CCCCC[C@@H](C)[C@H]1CCC2C3CC(=O)[C@H]4C[C@H](O)[C@H](O)C[C@]4(C)C3CC[C@@]21C. The largest absolute Gasteiger partial charge is 0.390 e. The van der Waals surface area contributed by atoms with Crippen molar-refractivity contribution in [3.8, 4) is 0 Å². The van der Waals surface area contributed by atoms with Gasteiger partial charge in [-0.1, -0.05) is 53.4 Å². The number of Topliss-reactive ketones (excluding diaryl/α,β-unsaturated/α-hetero) is 1. The first-order valence-electron chi connectivity index (χ1n) is 12.6. The quantitative estimate of drug-likeness (QED) is 0.605. The molecule has 0 amide bonds. The van der Waals surface area contributed by atoms with Gasteiger partial charge in [-0.15, -0.1) is 0 Å². The maximum atomic E-state index is 13.2. The van der Waals surface area contributed by atoms with Gasteiger partial charge in [0.05, 0.1) is 12.2 Å². The molecule has 0 saturated heterocycles. The number of aliphatic hydroxyl groups is 2. The van der Waals surface area contributed by atoms with E-state index in [1.807, 2.05) is 0 Å². The van der Waals surface area contributed by atoms with Gasteiger partial charge in [-0.25, -0.2) is 0 Å². The molecular formula is C26H44O3. The Labute approximate surface area is 178 Å². The van der Waals surface area contributed by atoms with Crippen molar-refractivity contribution in [2.75, 3.05) is 0 Å². The number of fused-ring (bicyclic) bond motifs is 5. The zero-order valence-electron chi connectivity index (χ0n) is 19.2. The van der Waals surface area contributed by atoms with Crippen LogP contribution in [0.15, 0.2) is 0 Å². The first kappa shape index (κ1) is 21.8. The van der Waals surface area contributed by atoms with E-state index in [2.05, 4.69) is 27.7 Å². The van der Waals surface area contributed by atoms with E-state index in [-0.39, 0.29) is 11.3 Å². The highest BCUT2D eigenvalue weighted by Gasteiger charge is 2.63. The smallest absolute Gasteiger partial charge is 0.136 e. The molecule has 4 fully saturated rings. The third kappa shape index (κ3) is 3.43. The van der Waals surface area contributed by atoms with Gasteiger partial charge in [-0.05, 0) is 78.9 Å². The lowest BCUT2D eigenvalue weighted by molar-refractivity contribution is -0.173. The second-order valence-electron chi connectivity index (χ2n) is 11.9. The van der Waals surface area contributed by atoms with Crippen LogP contribution in [0.1, 0.15) is 98.3 Å². The van der Waals surface area contributed by atoms with E-state index < -0.39 is 12.2 Å². The summed E-state index contributed by atoms with van der Waals surface area (Å²) in [4.78, 5) is 13.2. The maximum Gasteiger partial charge on any atom is 0.136 e. The van der Waals surface area contributed by atoms with Gasteiger partial charge in [0.2, 0.25) is 0 Å². The minimum atomic E-state index is -0.720. The third-order valence-electron chi connectivity index (χ3n) is 10.5. The van der Waals surface area contributed by atoms with Crippen molar-refractivity contribution in [3.63, 3.8) is 0 Å². The van der Waals surface area contributed by atoms with E-state index in [0.717, 1.165) is 18.3 Å². The van der Waals surface area contributed by atoms with Crippen LogP contribution in [-0.4, -0.2) is 28.2 Å². The molecule has 10 atom stereocenters. The second-order valence-corrected chi connectivity index (χ2v) is 11.9. The Bertz CT molecular complexity index is 617. The lowest BCUT2D eigenvalue weighted by Crippen LogP contribution is -2.59. The van der Waals surface area contributed by atoms with Gasteiger partial charge in [0.25, 0.3) is 0 Å². The number of ketones is 1. The highest BCUT2D eigenvalue weighted by atomic mass is 16.3. The summed E-state index contributed by atoms with van der Waals surface area (Å²) >= 11 is 0. The van der Waals surface area contributed by atoms with Crippen molar-refractivity contribution >= 4 is 5.78 Å². The molecule has 4 aliphatic rings. The molecular weight excluding hydrogens is 360 g/mol. The van der Waals surface area contributed by atoms with Crippen LogP contribution in [0.2, 0.25) is 0 Å². The Morgan fingerprint density at radius 2 is 1.76 bits per heavy atom. The molecule has 0 bridgehead atoms. The Balaban J connectivity index is 1.55. The number of hydrogen-bond donors (Lipinski definition) is 2. The normalized spacial score (nSPS) is 50.6. The van der Waals surface area contributed by atoms with Crippen LogP contribution in [0.3, 0.4) is 0 Å². The Kier molecular flexibility index (Phi) is 5.97. The molecule has 4 aliphatic carbocycles. The average Bonchev–Trinajstić information content (AvgIpc) is 3.02. The summed E-state index contributed by atoms with van der Waals surface area (Å²) < 4.78 is 0. The number of hydrogen-bond acceptors (Lipinski definition) is 3. The fourth-order valence-electron chi connectivity index (χ4n) is 8.96. The molecule has 166 valence electrons. The van der Waals surface area contributed by atoms with Crippen LogP contribution in [-0.2, 0) is 4.79 Å². The molecule has 0 aromatic carbocycles. The van der Waals surface area contributed by atoms with E-state index >= 15 is 0 Å². The predicted octanol–water partition coefficient (Wildman–Crippen LogP) is 5.37. The molecule has 0 spiro atoms. The third-order valence-corrected chi connectivity index (χ3v) is 10.5. The van der Waals surface area contributed by atoms with E-state index in [9.17, 15) is 15.0 Å². The summed E-state index contributed by atoms with van der Waals surface area (Å²) in [5.74, 6) is 3.65. The molecule has 0 aromatic heterocycles. The summed E-state index contributed by atoms with van der Waals surface area (Å²) in [7, 11) is 0. The fraction of sp³-hybridized carbons (Fsp3) is 0.962. The number of aliphatic hydroxyl groups excluding tert-OH is 2. The summed E-state index contributed by atoms with van der Waals surface area (Å²) in [6.07, 6.45) is 10.9. The topological polar surface area (TPSA) is 57.5 Å². The van der Waals surface area contributed by atoms with Gasteiger partial charge in [-0.3, -0.25) is 4.79 Å². The van der Waals surface area contributed by atoms with Crippen LogP contribution in [0, 0.1) is 46.3 Å².